The standard InChI is InChI=1S/C40H38N4O8S/c1-5-28-29-9-7-8-10-33(29)42-37-30(28)22-44-34(37)20-32-31(38(44)46)23-51-39(47)40(32,6-2)52-36(45)21-41-35(19-25-13-15-26(50-4)16-14-25)43-53(48,49)27-17-11-24(3)12-18-27/h7-18,20H,5-6,19,21-23H2,1-4H3,(H,41,43)/t40-/m0/s1. The van der Waals surface area contributed by atoms with E-state index in [1.54, 1.807) is 54.0 Å². The van der Waals surface area contributed by atoms with Crippen molar-refractivity contribution < 1.29 is 32.2 Å². The topological polar surface area (TPSA) is 155 Å². The summed E-state index contributed by atoms with van der Waals surface area (Å²) in [7, 11) is -2.63. The van der Waals surface area contributed by atoms with Crippen LogP contribution in [0.4, 0.5) is 0 Å². The predicted octanol–water partition coefficient (Wildman–Crippen LogP) is 5.13. The first-order valence-electron chi connectivity index (χ1n) is 17.3. The van der Waals surface area contributed by atoms with Gasteiger partial charge in [0.1, 0.15) is 24.7 Å². The van der Waals surface area contributed by atoms with E-state index in [-0.39, 0.29) is 46.9 Å². The monoisotopic (exact) mass is 734 g/mol. The molecule has 0 saturated carbocycles. The molecule has 272 valence electrons. The van der Waals surface area contributed by atoms with E-state index in [0.29, 0.717) is 29.2 Å². The molecule has 2 aliphatic rings. The lowest BCUT2D eigenvalue weighted by Crippen LogP contribution is -2.48. The maximum Gasteiger partial charge on any atom is 0.355 e. The largest absolute Gasteiger partial charge is 0.497 e. The number of hydrogen-bond donors (Lipinski definition) is 1. The van der Waals surface area contributed by atoms with Gasteiger partial charge in [0.25, 0.3) is 15.6 Å². The fraction of sp³-hybridized carbons (Fsp3) is 0.275. The van der Waals surface area contributed by atoms with Crippen LogP contribution in [0, 0.1) is 6.92 Å². The summed E-state index contributed by atoms with van der Waals surface area (Å²) in [5.41, 5.74) is 3.75. The number of hydrogen-bond acceptors (Lipinski definition) is 9. The zero-order chi connectivity index (χ0) is 37.5. The van der Waals surface area contributed by atoms with Crippen LogP contribution in [0.1, 0.15) is 53.6 Å². The fourth-order valence-corrected chi connectivity index (χ4v) is 8.06. The molecule has 53 heavy (non-hydrogen) atoms. The SMILES string of the molecule is CCc1c2c(nc3ccccc13)-c1cc3c(c(=O)n1C2)COC(=O)[C@@]3(CC)OC(=O)CN/C(Cc1ccc(OC)cc1)=N\S(=O)(=O)c1ccc(C)cc1. The van der Waals surface area contributed by atoms with Crippen LogP contribution >= 0.6 is 0 Å². The Labute approximate surface area is 306 Å². The first kappa shape index (κ1) is 35.6. The Morgan fingerprint density at radius 3 is 2.45 bits per heavy atom. The van der Waals surface area contributed by atoms with E-state index < -0.39 is 34.1 Å². The molecule has 0 aliphatic carbocycles. The van der Waals surface area contributed by atoms with Crippen LogP contribution in [0.2, 0.25) is 0 Å². The van der Waals surface area contributed by atoms with Crippen molar-refractivity contribution in [3.05, 3.63) is 123 Å². The molecule has 1 N–H and O–H groups in total. The third kappa shape index (κ3) is 6.45. The Kier molecular flexibility index (Phi) is 9.37. The van der Waals surface area contributed by atoms with Crippen molar-refractivity contribution in [2.45, 2.75) is 63.7 Å². The Morgan fingerprint density at radius 1 is 1.02 bits per heavy atom. The van der Waals surface area contributed by atoms with Crippen LogP contribution in [-0.2, 0) is 60.7 Å². The van der Waals surface area contributed by atoms with Gasteiger partial charge in [-0.2, -0.15) is 8.42 Å². The number of aryl methyl sites for hydroxylation is 2. The molecular formula is C40H38N4O8S. The molecule has 0 fully saturated rings. The number of amidine groups is 1. The van der Waals surface area contributed by atoms with Crippen LogP contribution in [0.15, 0.2) is 93.0 Å². The predicted molar refractivity (Wildman–Crippen MR) is 198 cm³/mol. The first-order valence-corrected chi connectivity index (χ1v) is 18.8. The minimum Gasteiger partial charge on any atom is -0.497 e. The van der Waals surface area contributed by atoms with E-state index in [1.165, 1.54) is 19.2 Å². The van der Waals surface area contributed by atoms with Crippen LogP contribution in [-0.4, -0.2) is 49.4 Å². The molecule has 7 rings (SSSR count). The zero-order valence-electron chi connectivity index (χ0n) is 29.8. The third-order valence-corrected chi connectivity index (χ3v) is 11.2. The van der Waals surface area contributed by atoms with Gasteiger partial charge in [0, 0.05) is 22.9 Å². The smallest absolute Gasteiger partial charge is 0.355 e. The van der Waals surface area contributed by atoms with Crippen molar-refractivity contribution in [3.8, 4) is 17.1 Å². The Hall–Kier alpha value is -5.82. The number of carbonyl (C=O) groups excluding carboxylic acids is 2. The molecule has 0 bridgehead atoms. The number of rotatable bonds is 10. The molecule has 2 aliphatic heterocycles. The molecule has 0 spiro atoms. The summed E-state index contributed by atoms with van der Waals surface area (Å²) in [5, 5.41) is 3.85. The molecule has 0 amide bonds. The van der Waals surface area contributed by atoms with E-state index >= 15 is 0 Å². The Balaban J connectivity index is 1.22. The average Bonchev–Trinajstić information content (AvgIpc) is 3.52. The number of fused-ring (bicyclic) bond motifs is 5. The quantitative estimate of drug-likeness (QED) is 0.114. The Morgan fingerprint density at radius 2 is 1.75 bits per heavy atom. The van der Waals surface area contributed by atoms with Gasteiger partial charge in [-0.1, -0.05) is 61.9 Å². The normalized spacial score (nSPS) is 16.4. The highest BCUT2D eigenvalue weighted by molar-refractivity contribution is 7.90. The second-order valence-corrected chi connectivity index (χ2v) is 14.6. The van der Waals surface area contributed by atoms with Gasteiger partial charge in [-0.3, -0.25) is 9.59 Å². The zero-order valence-corrected chi connectivity index (χ0v) is 30.6. The van der Waals surface area contributed by atoms with E-state index in [1.807, 2.05) is 31.2 Å². The van der Waals surface area contributed by atoms with Gasteiger partial charge >= 0.3 is 11.9 Å². The highest BCUT2D eigenvalue weighted by Crippen LogP contribution is 2.42. The van der Waals surface area contributed by atoms with Crippen molar-refractivity contribution in [1.82, 2.24) is 14.9 Å². The molecule has 5 aromatic rings. The van der Waals surface area contributed by atoms with Crippen molar-refractivity contribution in [2.75, 3.05) is 13.7 Å². The number of benzene rings is 3. The lowest BCUT2D eigenvalue weighted by atomic mass is 9.85. The molecule has 3 aromatic carbocycles. The number of nitrogens with one attached hydrogen (secondary N) is 1. The summed E-state index contributed by atoms with van der Waals surface area (Å²) in [5.74, 6) is -1.10. The highest BCUT2D eigenvalue weighted by Gasteiger charge is 2.50. The summed E-state index contributed by atoms with van der Waals surface area (Å²) in [4.78, 5) is 46.3. The molecule has 0 saturated heterocycles. The number of pyridine rings is 2. The summed E-state index contributed by atoms with van der Waals surface area (Å²) in [6, 6.07) is 22.8. The number of para-hydroxylation sites is 1. The molecule has 1 atom stereocenters. The molecule has 0 radical (unpaired) electrons. The van der Waals surface area contributed by atoms with Crippen molar-refractivity contribution in [1.29, 1.82) is 0 Å². The van der Waals surface area contributed by atoms with Crippen molar-refractivity contribution in [3.63, 3.8) is 0 Å². The van der Waals surface area contributed by atoms with Crippen LogP contribution in [0.25, 0.3) is 22.3 Å². The van der Waals surface area contributed by atoms with Gasteiger partial charge < -0.3 is 24.1 Å². The second-order valence-electron chi connectivity index (χ2n) is 13.0. The van der Waals surface area contributed by atoms with Crippen LogP contribution in [0.5, 0.6) is 5.75 Å². The molecule has 2 aromatic heterocycles. The minimum atomic E-state index is -4.17. The Bertz CT molecular complexity index is 2470. The number of carbonyl (C=O) groups is 2. The lowest BCUT2D eigenvalue weighted by Gasteiger charge is -2.35. The van der Waals surface area contributed by atoms with E-state index in [0.717, 1.165) is 34.0 Å². The maximum atomic E-state index is 14.1. The minimum absolute atomic E-state index is 0.0138. The molecule has 4 heterocycles. The summed E-state index contributed by atoms with van der Waals surface area (Å²) in [6.07, 6.45) is 0.727. The van der Waals surface area contributed by atoms with Crippen LogP contribution < -0.4 is 15.6 Å². The third-order valence-electron chi connectivity index (χ3n) is 9.84. The summed E-state index contributed by atoms with van der Waals surface area (Å²) >= 11 is 0. The molecule has 13 heteroatoms. The van der Waals surface area contributed by atoms with Crippen molar-refractivity contribution in [2.24, 2.45) is 4.40 Å². The van der Waals surface area contributed by atoms with Gasteiger partial charge in [-0.25, -0.2) is 9.78 Å². The van der Waals surface area contributed by atoms with Crippen LogP contribution in [0.3, 0.4) is 0 Å². The van der Waals surface area contributed by atoms with Gasteiger partial charge in [-0.15, -0.1) is 4.40 Å². The number of sulfonamides is 1. The number of nitrogens with zero attached hydrogens (tertiary/aromatic N) is 3. The lowest BCUT2D eigenvalue weighted by molar-refractivity contribution is -0.188. The second kappa shape index (κ2) is 14.0. The van der Waals surface area contributed by atoms with Gasteiger partial charge in [0.15, 0.2) is 0 Å². The van der Waals surface area contributed by atoms with E-state index in [9.17, 15) is 22.8 Å². The highest BCUT2D eigenvalue weighted by atomic mass is 32.2. The average molecular weight is 735 g/mol. The van der Waals surface area contributed by atoms with Crippen molar-refractivity contribution >= 4 is 38.7 Å². The van der Waals surface area contributed by atoms with Gasteiger partial charge in [0.05, 0.1) is 41.0 Å². The number of aromatic nitrogens is 2. The molecular weight excluding hydrogens is 697 g/mol. The summed E-state index contributed by atoms with van der Waals surface area (Å²) in [6.45, 7) is 5.08. The van der Waals surface area contributed by atoms with E-state index in [4.69, 9.17) is 19.2 Å². The molecule has 0 unspecified atom stereocenters. The first-order chi connectivity index (χ1) is 25.5. The van der Waals surface area contributed by atoms with Gasteiger partial charge in [-0.05, 0) is 67.3 Å². The van der Waals surface area contributed by atoms with E-state index in [2.05, 4.69) is 16.6 Å². The molecule has 12 nitrogen and oxygen atoms in total. The number of cyclic esters (lactones) is 1. The summed E-state index contributed by atoms with van der Waals surface area (Å²) < 4.78 is 49.1. The number of esters is 2. The fourth-order valence-electron chi connectivity index (χ4n) is 7.05. The number of methoxy groups -OCH3 is 1. The maximum absolute atomic E-state index is 14.1. The number of ether oxygens (including phenoxy) is 3. The van der Waals surface area contributed by atoms with Gasteiger partial charge in [0.2, 0.25) is 5.60 Å².